The van der Waals surface area contributed by atoms with Gasteiger partial charge in [-0.1, -0.05) is 42.5 Å². The number of benzene rings is 2. The molecule has 0 aliphatic heterocycles. The summed E-state index contributed by atoms with van der Waals surface area (Å²) in [6.45, 7) is 0.525. The number of nitrogens with zero attached hydrogens (tertiary/aromatic N) is 2. The number of aromatic amines is 1. The SMILES string of the molecule is COc1ccc(CCn2nc(OCc3ccccc3)c(=O)[nH]c2=O)cc1. The Hall–Kier alpha value is -3.35. The third kappa shape index (κ3) is 4.38. The Bertz CT molecular complexity index is 963. The molecule has 0 saturated carbocycles. The fourth-order valence-electron chi connectivity index (χ4n) is 2.41. The quantitative estimate of drug-likeness (QED) is 0.699. The summed E-state index contributed by atoms with van der Waals surface area (Å²) in [6, 6.07) is 17.0. The van der Waals surface area contributed by atoms with Crippen LogP contribution in [0.25, 0.3) is 0 Å². The van der Waals surface area contributed by atoms with Crippen LogP contribution in [0.4, 0.5) is 0 Å². The monoisotopic (exact) mass is 353 g/mol. The van der Waals surface area contributed by atoms with E-state index in [-0.39, 0.29) is 12.5 Å². The van der Waals surface area contributed by atoms with Gasteiger partial charge in [-0.2, -0.15) is 0 Å². The molecule has 2 aromatic carbocycles. The smallest absolute Gasteiger partial charge is 0.344 e. The molecule has 3 aromatic rings. The van der Waals surface area contributed by atoms with Gasteiger partial charge < -0.3 is 9.47 Å². The average molecular weight is 353 g/mol. The van der Waals surface area contributed by atoms with E-state index in [1.807, 2.05) is 54.6 Å². The lowest BCUT2D eigenvalue weighted by atomic mass is 10.1. The van der Waals surface area contributed by atoms with Crippen LogP contribution in [0, 0.1) is 0 Å². The zero-order valence-corrected chi connectivity index (χ0v) is 14.3. The van der Waals surface area contributed by atoms with Crippen LogP contribution in [0.2, 0.25) is 0 Å². The van der Waals surface area contributed by atoms with Crippen molar-refractivity contribution in [2.24, 2.45) is 0 Å². The van der Waals surface area contributed by atoms with Crippen molar-refractivity contribution in [2.75, 3.05) is 7.11 Å². The predicted molar refractivity (Wildman–Crippen MR) is 96.6 cm³/mol. The molecule has 0 amide bonds. The predicted octanol–water partition coefficient (Wildman–Crippen LogP) is 1.76. The number of H-pyrrole nitrogens is 1. The number of aromatic nitrogens is 3. The summed E-state index contributed by atoms with van der Waals surface area (Å²) in [4.78, 5) is 26.1. The topological polar surface area (TPSA) is 86.2 Å². The summed E-state index contributed by atoms with van der Waals surface area (Å²) in [5.74, 6) is 0.646. The van der Waals surface area contributed by atoms with E-state index in [0.29, 0.717) is 13.0 Å². The van der Waals surface area contributed by atoms with Crippen LogP contribution in [-0.4, -0.2) is 21.9 Å². The Morgan fingerprint density at radius 2 is 1.73 bits per heavy atom. The zero-order chi connectivity index (χ0) is 18.4. The van der Waals surface area contributed by atoms with Crippen LogP contribution >= 0.6 is 0 Å². The minimum absolute atomic E-state index is 0.122. The molecular formula is C19H19N3O4. The molecule has 134 valence electrons. The Balaban J connectivity index is 1.70. The maximum atomic E-state index is 12.0. The molecule has 0 fully saturated rings. The molecule has 0 aliphatic carbocycles. The third-order valence-electron chi connectivity index (χ3n) is 3.85. The van der Waals surface area contributed by atoms with Gasteiger partial charge in [-0.15, -0.1) is 5.10 Å². The lowest BCUT2D eigenvalue weighted by molar-refractivity contribution is 0.275. The maximum absolute atomic E-state index is 12.0. The fourth-order valence-corrected chi connectivity index (χ4v) is 2.41. The summed E-state index contributed by atoms with van der Waals surface area (Å²) in [5.41, 5.74) is 0.740. The van der Waals surface area contributed by atoms with E-state index in [4.69, 9.17) is 9.47 Å². The van der Waals surface area contributed by atoms with Crippen LogP contribution in [0.15, 0.2) is 64.2 Å². The first kappa shape index (κ1) is 17.5. The van der Waals surface area contributed by atoms with Crippen LogP contribution < -0.4 is 20.7 Å². The lowest BCUT2D eigenvalue weighted by Gasteiger charge is -2.08. The molecule has 0 spiro atoms. The summed E-state index contributed by atoms with van der Waals surface area (Å²) in [6.07, 6.45) is 0.584. The molecule has 1 aromatic heterocycles. The van der Waals surface area contributed by atoms with Gasteiger partial charge in [-0.05, 0) is 29.7 Å². The molecule has 1 N–H and O–H groups in total. The van der Waals surface area contributed by atoms with E-state index in [1.54, 1.807) is 7.11 Å². The van der Waals surface area contributed by atoms with Gasteiger partial charge in [0.25, 0.3) is 5.88 Å². The van der Waals surface area contributed by atoms with Crippen molar-refractivity contribution < 1.29 is 9.47 Å². The van der Waals surface area contributed by atoms with Gasteiger partial charge >= 0.3 is 11.2 Å². The van der Waals surface area contributed by atoms with E-state index in [2.05, 4.69) is 10.1 Å². The van der Waals surface area contributed by atoms with Crippen molar-refractivity contribution in [3.8, 4) is 11.6 Å². The molecule has 0 atom stereocenters. The number of rotatable bonds is 7. The highest BCUT2D eigenvalue weighted by Gasteiger charge is 2.08. The molecule has 7 nitrogen and oxygen atoms in total. The van der Waals surface area contributed by atoms with E-state index < -0.39 is 11.2 Å². The van der Waals surface area contributed by atoms with Gasteiger partial charge in [0.05, 0.1) is 13.7 Å². The minimum atomic E-state index is -0.633. The first-order valence-electron chi connectivity index (χ1n) is 8.17. The second kappa shape index (κ2) is 8.15. The first-order valence-corrected chi connectivity index (χ1v) is 8.17. The maximum Gasteiger partial charge on any atom is 0.344 e. The number of hydrogen-bond acceptors (Lipinski definition) is 5. The van der Waals surface area contributed by atoms with Crippen molar-refractivity contribution in [1.82, 2.24) is 14.8 Å². The molecule has 0 aliphatic rings. The second-order valence-electron chi connectivity index (χ2n) is 5.66. The van der Waals surface area contributed by atoms with Crippen molar-refractivity contribution in [2.45, 2.75) is 19.6 Å². The second-order valence-corrected chi connectivity index (χ2v) is 5.66. The van der Waals surface area contributed by atoms with E-state index in [1.165, 1.54) is 4.68 Å². The zero-order valence-electron chi connectivity index (χ0n) is 14.3. The van der Waals surface area contributed by atoms with Gasteiger partial charge in [-0.3, -0.25) is 9.78 Å². The summed E-state index contributed by atoms with van der Waals surface area (Å²) >= 11 is 0. The van der Waals surface area contributed by atoms with Crippen LogP contribution in [0.1, 0.15) is 11.1 Å². The van der Waals surface area contributed by atoms with Gasteiger partial charge in [0.1, 0.15) is 12.4 Å². The van der Waals surface area contributed by atoms with Crippen LogP contribution in [0.5, 0.6) is 11.6 Å². The summed E-state index contributed by atoms with van der Waals surface area (Å²) in [7, 11) is 1.61. The van der Waals surface area contributed by atoms with E-state index in [0.717, 1.165) is 16.9 Å². The number of nitrogens with one attached hydrogen (secondary N) is 1. The number of aryl methyl sites for hydroxylation is 2. The molecule has 0 saturated heterocycles. The standard InChI is InChI=1S/C19H19N3O4/c1-25-16-9-7-14(8-10-16)11-12-22-19(24)20-17(23)18(21-22)26-13-15-5-3-2-4-6-15/h2-10H,11-13H2,1H3,(H,20,23,24). The van der Waals surface area contributed by atoms with Gasteiger partial charge in [0.15, 0.2) is 0 Å². The number of ether oxygens (including phenoxy) is 2. The third-order valence-corrected chi connectivity index (χ3v) is 3.85. The van der Waals surface area contributed by atoms with Gasteiger partial charge in [-0.25, -0.2) is 9.48 Å². The molecule has 0 unspecified atom stereocenters. The molecule has 0 bridgehead atoms. The molecule has 26 heavy (non-hydrogen) atoms. The summed E-state index contributed by atoms with van der Waals surface area (Å²) < 4.78 is 11.8. The minimum Gasteiger partial charge on any atom is -0.497 e. The number of hydrogen-bond donors (Lipinski definition) is 1. The Morgan fingerprint density at radius 3 is 2.42 bits per heavy atom. The molecule has 3 rings (SSSR count). The Kier molecular flexibility index (Phi) is 5.48. The Labute approximate surface area is 149 Å². The normalized spacial score (nSPS) is 10.5. The van der Waals surface area contributed by atoms with E-state index in [9.17, 15) is 9.59 Å². The van der Waals surface area contributed by atoms with Crippen molar-refractivity contribution >= 4 is 0 Å². The van der Waals surface area contributed by atoms with Crippen LogP contribution in [-0.2, 0) is 19.6 Å². The highest BCUT2D eigenvalue weighted by molar-refractivity contribution is 5.27. The molecular weight excluding hydrogens is 334 g/mol. The van der Waals surface area contributed by atoms with Gasteiger partial charge in [0.2, 0.25) is 0 Å². The highest BCUT2D eigenvalue weighted by atomic mass is 16.5. The van der Waals surface area contributed by atoms with Crippen molar-refractivity contribution in [1.29, 1.82) is 0 Å². The average Bonchev–Trinajstić information content (AvgIpc) is 2.68. The van der Waals surface area contributed by atoms with Crippen LogP contribution in [0.3, 0.4) is 0 Å². The highest BCUT2D eigenvalue weighted by Crippen LogP contribution is 2.12. The van der Waals surface area contributed by atoms with Gasteiger partial charge in [0, 0.05) is 0 Å². The lowest BCUT2D eigenvalue weighted by Crippen LogP contribution is -2.33. The fraction of sp³-hybridized carbons (Fsp3) is 0.211. The van der Waals surface area contributed by atoms with E-state index >= 15 is 0 Å². The molecule has 1 heterocycles. The Morgan fingerprint density at radius 1 is 1.00 bits per heavy atom. The number of methoxy groups -OCH3 is 1. The van der Waals surface area contributed by atoms with Crippen molar-refractivity contribution in [3.05, 3.63) is 86.6 Å². The largest absolute Gasteiger partial charge is 0.497 e. The van der Waals surface area contributed by atoms with Crippen molar-refractivity contribution in [3.63, 3.8) is 0 Å². The first-order chi connectivity index (χ1) is 12.7. The summed E-state index contributed by atoms with van der Waals surface area (Å²) in [5, 5.41) is 4.05. The molecule has 0 radical (unpaired) electrons. The molecule has 7 heteroatoms.